The van der Waals surface area contributed by atoms with E-state index in [2.05, 4.69) is 14.2 Å². The van der Waals surface area contributed by atoms with Gasteiger partial charge in [-0.1, -0.05) is 31.7 Å². The molecule has 7 nitrogen and oxygen atoms in total. The summed E-state index contributed by atoms with van der Waals surface area (Å²) in [6.45, 7) is 5.01. The van der Waals surface area contributed by atoms with Crippen molar-refractivity contribution in [2.75, 3.05) is 13.2 Å². The summed E-state index contributed by atoms with van der Waals surface area (Å²) in [6, 6.07) is 9.81. The van der Waals surface area contributed by atoms with Crippen LogP contribution in [0.15, 0.2) is 48.5 Å². The number of hydrogen-bond donors (Lipinski definition) is 4. The molecule has 15 heteroatoms. The molecule has 0 fully saturated rings. The number of aliphatic hydroxyl groups is 2. The van der Waals surface area contributed by atoms with Gasteiger partial charge in [0.2, 0.25) is 0 Å². The molecule has 0 amide bonds. The molecule has 232 valence electrons. The number of benzene rings is 2. The number of rotatable bonds is 10. The fraction of sp³-hybridized carbons (Fsp3) is 0.520. The van der Waals surface area contributed by atoms with Crippen molar-refractivity contribution in [3.8, 4) is 11.5 Å². The van der Waals surface area contributed by atoms with Crippen molar-refractivity contribution in [1.82, 2.24) is 4.72 Å². The lowest BCUT2D eigenvalue weighted by molar-refractivity contribution is -0.275. The van der Waals surface area contributed by atoms with Crippen molar-refractivity contribution in [3.63, 3.8) is 0 Å². The van der Waals surface area contributed by atoms with Crippen molar-refractivity contribution in [2.24, 2.45) is 5.73 Å². The minimum absolute atomic E-state index is 0. The third kappa shape index (κ3) is 16.2. The SMILES string of the molecule is C.CC(C)(C)[S@@](=O)N[C@@H](CCO)c1cccc(OC(F)(F)F)c1.Cl.N[C@@H](CCO)c1cccc(OC(F)(F)F)c1. The van der Waals surface area contributed by atoms with E-state index in [1.54, 1.807) is 32.9 Å². The molecular weight excluding hydrogens is 590 g/mol. The number of hydrogen-bond acceptors (Lipinski definition) is 6. The summed E-state index contributed by atoms with van der Waals surface area (Å²) in [5.41, 5.74) is 6.60. The normalized spacial score (nSPS) is 13.9. The zero-order chi connectivity index (χ0) is 29.1. The van der Waals surface area contributed by atoms with Crippen LogP contribution >= 0.6 is 12.4 Å². The molecule has 0 radical (unpaired) electrons. The lowest BCUT2D eigenvalue weighted by atomic mass is 10.1. The number of nitrogens with one attached hydrogen (secondary N) is 1. The van der Waals surface area contributed by atoms with Crippen molar-refractivity contribution in [2.45, 2.75) is 70.6 Å². The summed E-state index contributed by atoms with van der Waals surface area (Å²) in [4.78, 5) is 0. The molecule has 0 saturated carbocycles. The first-order valence-electron chi connectivity index (χ1n) is 11.3. The predicted molar refractivity (Wildman–Crippen MR) is 144 cm³/mol. The third-order valence-corrected chi connectivity index (χ3v) is 6.29. The second kappa shape index (κ2) is 17.7. The number of ether oxygens (including phenoxy) is 2. The lowest BCUT2D eigenvalue weighted by Crippen LogP contribution is -2.36. The Morgan fingerprint density at radius 3 is 1.68 bits per heavy atom. The highest BCUT2D eigenvalue weighted by Crippen LogP contribution is 2.28. The van der Waals surface area contributed by atoms with Crippen LogP contribution in [0.4, 0.5) is 26.3 Å². The van der Waals surface area contributed by atoms with Crippen molar-refractivity contribution in [3.05, 3.63) is 59.7 Å². The largest absolute Gasteiger partial charge is 0.573 e. The molecule has 3 atom stereocenters. The van der Waals surface area contributed by atoms with Gasteiger partial charge >= 0.3 is 12.7 Å². The van der Waals surface area contributed by atoms with Gasteiger partial charge in [0.25, 0.3) is 0 Å². The van der Waals surface area contributed by atoms with Crippen molar-refractivity contribution < 1.29 is 50.2 Å². The van der Waals surface area contributed by atoms with E-state index in [-0.39, 0.29) is 57.4 Å². The number of aliphatic hydroxyl groups excluding tert-OH is 2. The molecule has 0 heterocycles. The highest BCUT2D eigenvalue weighted by Gasteiger charge is 2.32. The molecule has 2 aromatic rings. The first-order chi connectivity index (χ1) is 17.4. The van der Waals surface area contributed by atoms with Crippen LogP contribution in [-0.2, 0) is 11.0 Å². The lowest BCUT2D eigenvalue weighted by Gasteiger charge is -2.24. The Labute approximate surface area is 239 Å². The Morgan fingerprint density at radius 1 is 0.850 bits per heavy atom. The Morgan fingerprint density at radius 2 is 1.27 bits per heavy atom. The maximum atomic E-state index is 12.3. The maximum Gasteiger partial charge on any atom is 0.573 e. The van der Waals surface area contributed by atoms with E-state index >= 15 is 0 Å². The smallest absolute Gasteiger partial charge is 0.406 e. The average molecular weight is 627 g/mol. The van der Waals surface area contributed by atoms with Crippen LogP contribution in [0.1, 0.15) is 64.3 Å². The summed E-state index contributed by atoms with van der Waals surface area (Å²) in [5.74, 6) is -0.658. The fourth-order valence-electron chi connectivity index (χ4n) is 2.91. The summed E-state index contributed by atoms with van der Waals surface area (Å²) >= 11 is 0. The number of halogens is 7. The highest BCUT2D eigenvalue weighted by atomic mass is 35.5. The van der Waals surface area contributed by atoms with Gasteiger partial charge in [0.15, 0.2) is 0 Å². The monoisotopic (exact) mass is 626 g/mol. The molecule has 0 spiro atoms. The number of nitrogens with two attached hydrogens (primary N) is 1. The predicted octanol–water partition coefficient (Wildman–Crippen LogP) is 6.09. The Bertz CT molecular complexity index is 1020. The van der Waals surface area contributed by atoms with Crippen molar-refractivity contribution in [1.29, 1.82) is 0 Å². The Kier molecular flexibility index (Phi) is 17.7. The van der Waals surface area contributed by atoms with E-state index in [1.165, 1.54) is 36.4 Å². The molecule has 0 aliphatic heterocycles. The van der Waals surface area contributed by atoms with E-state index in [0.29, 0.717) is 11.1 Å². The molecule has 0 aromatic heterocycles. The molecule has 2 rings (SSSR count). The minimum Gasteiger partial charge on any atom is -0.406 e. The summed E-state index contributed by atoms with van der Waals surface area (Å²) < 4.78 is 94.7. The topological polar surface area (TPSA) is 114 Å². The highest BCUT2D eigenvalue weighted by molar-refractivity contribution is 7.84. The van der Waals surface area contributed by atoms with Gasteiger partial charge in [-0.25, -0.2) is 8.93 Å². The maximum absolute atomic E-state index is 12.3. The first-order valence-corrected chi connectivity index (χ1v) is 12.5. The Balaban J connectivity index is 0. The van der Waals surface area contributed by atoms with Crippen molar-refractivity contribution >= 4 is 23.4 Å². The summed E-state index contributed by atoms with van der Waals surface area (Å²) in [7, 11) is -1.42. The van der Waals surface area contributed by atoms with Crippen LogP contribution in [-0.4, -0.2) is 45.1 Å². The third-order valence-electron chi connectivity index (χ3n) is 4.68. The van der Waals surface area contributed by atoms with Gasteiger partial charge in [0, 0.05) is 25.3 Å². The van der Waals surface area contributed by atoms with Crippen LogP contribution in [0.2, 0.25) is 0 Å². The molecule has 0 aliphatic carbocycles. The quantitative estimate of drug-likeness (QED) is 0.238. The Hall–Kier alpha value is -2.10. The molecule has 0 bridgehead atoms. The molecule has 0 unspecified atom stereocenters. The van der Waals surface area contributed by atoms with Crippen LogP contribution in [0.3, 0.4) is 0 Å². The van der Waals surface area contributed by atoms with Gasteiger partial charge in [0.05, 0.1) is 15.7 Å². The molecular formula is C25H37ClF6N2O5S. The molecule has 5 N–H and O–H groups in total. The van der Waals surface area contributed by atoms with Gasteiger partial charge in [-0.3, -0.25) is 0 Å². The van der Waals surface area contributed by atoms with Crippen LogP contribution in [0, 0.1) is 0 Å². The molecule has 2 aromatic carbocycles. The van der Waals surface area contributed by atoms with E-state index in [1.807, 2.05) is 0 Å². The van der Waals surface area contributed by atoms with Crippen LogP contribution in [0.25, 0.3) is 0 Å². The summed E-state index contributed by atoms with van der Waals surface area (Å²) in [5, 5.41) is 17.8. The fourth-order valence-corrected chi connectivity index (χ4v) is 3.77. The first kappa shape index (κ1) is 40.0. The zero-order valence-corrected chi connectivity index (χ0v) is 23.0. The number of alkyl halides is 6. The second-order valence-corrected chi connectivity index (χ2v) is 10.9. The van der Waals surface area contributed by atoms with E-state index in [9.17, 15) is 30.6 Å². The van der Waals surface area contributed by atoms with E-state index in [4.69, 9.17) is 15.9 Å². The van der Waals surface area contributed by atoms with Gasteiger partial charge < -0.3 is 25.4 Å². The molecule has 0 saturated heterocycles. The standard InChI is InChI=1S/C14H20F3NO3S.C10H12F3NO2.CH4.ClH/c1-13(2,3)22(20)18-12(7-8-19)10-5-4-6-11(9-10)21-14(15,16)17;11-10(12,13)16-8-3-1-2-7(6-8)9(14)4-5-15;;/h4-6,9,12,18-19H,7-8H2,1-3H3;1-3,6,9,15H,4-5,14H2;1H4;1H/t12-,22+;9-;;/m00../s1. The minimum atomic E-state index is -4.77. The van der Waals surface area contributed by atoms with Crippen LogP contribution < -0.4 is 19.9 Å². The zero-order valence-electron chi connectivity index (χ0n) is 21.4. The van der Waals surface area contributed by atoms with E-state index < -0.39 is 40.5 Å². The van der Waals surface area contributed by atoms with Crippen LogP contribution in [0.5, 0.6) is 11.5 Å². The van der Waals surface area contributed by atoms with Gasteiger partial charge in [-0.15, -0.1) is 38.7 Å². The van der Waals surface area contributed by atoms with Gasteiger partial charge in [0.1, 0.15) is 11.5 Å². The van der Waals surface area contributed by atoms with Gasteiger partial charge in [-0.05, 0) is 69.0 Å². The average Bonchev–Trinajstić information content (AvgIpc) is 2.77. The molecule has 0 aliphatic rings. The second-order valence-electron chi connectivity index (χ2n) is 8.92. The molecule has 40 heavy (non-hydrogen) atoms. The van der Waals surface area contributed by atoms with Gasteiger partial charge in [-0.2, -0.15) is 0 Å². The summed E-state index contributed by atoms with van der Waals surface area (Å²) in [6.07, 6.45) is -8.97. The van der Waals surface area contributed by atoms with E-state index in [0.717, 1.165) is 0 Å².